The third-order valence-electron chi connectivity index (χ3n) is 5.10. The van der Waals surface area contributed by atoms with Crippen molar-refractivity contribution in [2.75, 3.05) is 0 Å². The molecule has 0 aliphatic rings. The van der Waals surface area contributed by atoms with Crippen LogP contribution in [0.3, 0.4) is 0 Å². The molecule has 1 atom stereocenters. The first kappa shape index (κ1) is 20.9. The van der Waals surface area contributed by atoms with Gasteiger partial charge in [0.2, 0.25) is 7.29 Å². The third kappa shape index (κ3) is 5.04. The highest BCUT2D eigenvalue weighted by Gasteiger charge is 2.30. The van der Waals surface area contributed by atoms with Gasteiger partial charge < -0.3 is 0 Å². The Morgan fingerprint density at radius 1 is 0.677 bits per heavy atom. The molecular weight excluding hydrogens is 397 g/mol. The van der Waals surface area contributed by atoms with E-state index in [4.69, 9.17) is 0 Å². The number of hydrogen-bond acceptors (Lipinski definition) is 1. The van der Waals surface area contributed by atoms with E-state index in [1.807, 2.05) is 103 Å². The van der Waals surface area contributed by atoms with Gasteiger partial charge in [-0.15, -0.1) is 0 Å². The summed E-state index contributed by atoms with van der Waals surface area (Å²) in [5, 5.41) is 4.98. The molecule has 0 spiro atoms. The number of benzene rings is 4. The molecule has 0 saturated carbocycles. The van der Waals surface area contributed by atoms with E-state index in [1.54, 1.807) is 0 Å². The first-order valence-corrected chi connectivity index (χ1v) is 12.0. The molecular formula is C28H24NOP. The van der Waals surface area contributed by atoms with Gasteiger partial charge in [0.25, 0.3) is 0 Å². The summed E-state index contributed by atoms with van der Waals surface area (Å²) in [6.45, 7) is 2.06. The maximum atomic E-state index is 14.5. The van der Waals surface area contributed by atoms with E-state index in [2.05, 4.69) is 36.0 Å². The van der Waals surface area contributed by atoms with Crippen LogP contribution in [0.5, 0.6) is 0 Å². The van der Waals surface area contributed by atoms with Crippen LogP contribution in [0.2, 0.25) is 0 Å². The minimum atomic E-state index is -3.13. The average molecular weight is 421 g/mol. The number of rotatable bonds is 5. The van der Waals surface area contributed by atoms with Crippen molar-refractivity contribution in [3.63, 3.8) is 0 Å². The van der Waals surface area contributed by atoms with Crippen LogP contribution in [-0.4, -0.2) is 0 Å². The Morgan fingerprint density at radius 3 is 1.68 bits per heavy atom. The average Bonchev–Trinajstić information content (AvgIpc) is 2.84. The lowest BCUT2D eigenvalue weighted by atomic mass is 10.1. The van der Waals surface area contributed by atoms with Crippen LogP contribution in [0.25, 0.3) is 0 Å². The lowest BCUT2D eigenvalue weighted by Crippen LogP contribution is -2.30. The fourth-order valence-electron chi connectivity index (χ4n) is 3.38. The first-order valence-electron chi connectivity index (χ1n) is 10.3. The molecule has 31 heavy (non-hydrogen) atoms. The van der Waals surface area contributed by atoms with Crippen molar-refractivity contribution >= 4 is 17.9 Å². The summed E-state index contributed by atoms with van der Waals surface area (Å²) in [7, 11) is -3.13. The fraction of sp³-hybridized carbons (Fsp3) is 0.0714. The normalized spacial score (nSPS) is 11.9. The van der Waals surface area contributed by atoms with Crippen molar-refractivity contribution in [3.05, 3.63) is 132 Å². The van der Waals surface area contributed by atoms with E-state index in [9.17, 15) is 4.57 Å². The molecule has 0 heterocycles. The minimum absolute atomic E-state index is 0.396. The molecule has 4 rings (SSSR count). The highest BCUT2D eigenvalue weighted by atomic mass is 31.2. The molecule has 2 nitrogen and oxygen atoms in total. The van der Waals surface area contributed by atoms with Gasteiger partial charge in [0.1, 0.15) is 6.04 Å². The van der Waals surface area contributed by atoms with Gasteiger partial charge in [-0.3, -0.25) is 4.57 Å². The Balaban J connectivity index is 1.80. The number of aryl methyl sites for hydroxylation is 1. The number of nitrogens with one attached hydrogen (secondary N) is 1. The number of hydrogen-bond donors (Lipinski definition) is 1. The first-order chi connectivity index (χ1) is 15.1. The summed E-state index contributed by atoms with van der Waals surface area (Å²) < 4.78 is 14.5. The molecule has 4 aromatic carbocycles. The van der Waals surface area contributed by atoms with Gasteiger partial charge in [-0.1, -0.05) is 96.3 Å². The summed E-state index contributed by atoms with van der Waals surface area (Å²) in [4.78, 5) is 0. The molecule has 152 valence electrons. The van der Waals surface area contributed by atoms with Gasteiger partial charge >= 0.3 is 0 Å². The second kappa shape index (κ2) is 9.63. The Labute approximate surface area is 184 Å². The standard InChI is InChI=1S/C28H24NOP/c1-23-17-20-25(21-18-23)28(22-19-24-11-5-2-6-12-24)29-31(30,26-13-7-3-8-14-26)27-15-9-4-10-16-27/h2-18,20-21,28H,1H3,(H,29,30)/t28-/m1/s1. The highest BCUT2D eigenvalue weighted by Crippen LogP contribution is 2.41. The van der Waals surface area contributed by atoms with E-state index in [0.29, 0.717) is 0 Å². The van der Waals surface area contributed by atoms with Crippen LogP contribution in [0.4, 0.5) is 0 Å². The van der Waals surface area contributed by atoms with Crippen molar-refractivity contribution in [1.29, 1.82) is 0 Å². The quantitative estimate of drug-likeness (QED) is 0.335. The van der Waals surface area contributed by atoms with Crippen LogP contribution in [0.15, 0.2) is 115 Å². The predicted octanol–water partition coefficient (Wildman–Crippen LogP) is 5.61. The molecule has 0 fully saturated rings. The molecule has 0 bridgehead atoms. The van der Waals surface area contributed by atoms with Crippen molar-refractivity contribution in [3.8, 4) is 11.8 Å². The lowest BCUT2D eigenvalue weighted by molar-refractivity contribution is 0.574. The molecule has 0 radical (unpaired) electrons. The Morgan fingerprint density at radius 2 is 1.16 bits per heavy atom. The van der Waals surface area contributed by atoms with Crippen molar-refractivity contribution in [2.45, 2.75) is 13.0 Å². The van der Waals surface area contributed by atoms with Crippen molar-refractivity contribution in [2.24, 2.45) is 0 Å². The maximum Gasteiger partial charge on any atom is 0.205 e. The zero-order valence-corrected chi connectivity index (χ0v) is 18.3. The van der Waals surface area contributed by atoms with Gasteiger partial charge in [0.15, 0.2) is 0 Å². The van der Waals surface area contributed by atoms with Gasteiger partial charge in [-0.05, 0) is 48.9 Å². The molecule has 0 saturated heterocycles. The Hall–Kier alpha value is -3.37. The topological polar surface area (TPSA) is 29.1 Å². The van der Waals surface area contributed by atoms with E-state index in [-0.39, 0.29) is 0 Å². The van der Waals surface area contributed by atoms with Crippen molar-refractivity contribution < 1.29 is 4.57 Å². The largest absolute Gasteiger partial charge is 0.296 e. The van der Waals surface area contributed by atoms with E-state index >= 15 is 0 Å². The van der Waals surface area contributed by atoms with Crippen LogP contribution in [0.1, 0.15) is 22.7 Å². The summed E-state index contributed by atoms with van der Waals surface area (Å²) >= 11 is 0. The Bertz CT molecular complexity index is 1180. The van der Waals surface area contributed by atoms with Crippen LogP contribution in [0, 0.1) is 18.8 Å². The molecule has 0 aliphatic carbocycles. The van der Waals surface area contributed by atoms with E-state index < -0.39 is 13.3 Å². The summed E-state index contributed by atoms with van der Waals surface area (Å²) in [6.07, 6.45) is 0. The summed E-state index contributed by atoms with van der Waals surface area (Å²) in [5.74, 6) is 6.58. The molecule has 3 heteroatoms. The molecule has 0 amide bonds. The monoisotopic (exact) mass is 421 g/mol. The molecule has 0 unspecified atom stereocenters. The van der Waals surface area contributed by atoms with Gasteiger partial charge in [0.05, 0.1) is 0 Å². The zero-order chi connectivity index (χ0) is 21.5. The minimum Gasteiger partial charge on any atom is -0.296 e. The SMILES string of the molecule is Cc1ccc([C@@H](C#Cc2ccccc2)NP(=O)(c2ccccc2)c2ccccc2)cc1. The zero-order valence-electron chi connectivity index (χ0n) is 17.4. The predicted molar refractivity (Wildman–Crippen MR) is 130 cm³/mol. The summed E-state index contributed by atoms with van der Waals surface area (Å²) in [6, 6.07) is 36.9. The van der Waals surface area contributed by atoms with Gasteiger partial charge in [-0.25, -0.2) is 5.09 Å². The van der Waals surface area contributed by atoms with E-state index in [0.717, 1.165) is 21.7 Å². The van der Waals surface area contributed by atoms with Gasteiger partial charge in [0, 0.05) is 16.2 Å². The highest BCUT2D eigenvalue weighted by molar-refractivity contribution is 7.76. The second-order valence-corrected chi connectivity index (χ2v) is 9.90. The molecule has 1 N–H and O–H groups in total. The van der Waals surface area contributed by atoms with Crippen molar-refractivity contribution in [1.82, 2.24) is 5.09 Å². The second-order valence-electron chi connectivity index (χ2n) is 7.39. The lowest BCUT2D eigenvalue weighted by Gasteiger charge is -2.24. The summed E-state index contributed by atoms with van der Waals surface area (Å²) in [5.41, 5.74) is 3.09. The molecule has 0 aromatic heterocycles. The molecule has 0 aliphatic heterocycles. The Kier molecular flexibility index (Phi) is 6.48. The van der Waals surface area contributed by atoms with Crippen LogP contribution < -0.4 is 15.7 Å². The van der Waals surface area contributed by atoms with Crippen LogP contribution in [-0.2, 0) is 4.57 Å². The smallest absolute Gasteiger partial charge is 0.205 e. The maximum absolute atomic E-state index is 14.5. The van der Waals surface area contributed by atoms with Crippen LogP contribution >= 0.6 is 7.29 Å². The fourth-order valence-corrected chi connectivity index (χ4v) is 5.74. The van der Waals surface area contributed by atoms with Gasteiger partial charge in [-0.2, -0.15) is 0 Å². The molecule has 4 aromatic rings. The van der Waals surface area contributed by atoms with E-state index in [1.165, 1.54) is 5.56 Å². The third-order valence-corrected chi connectivity index (χ3v) is 7.77.